The maximum absolute atomic E-state index is 13.0. The fraction of sp³-hybridized carbons (Fsp3) is 0.250. The van der Waals surface area contributed by atoms with Gasteiger partial charge in [0, 0.05) is 6.54 Å². The summed E-state index contributed by atoms with van der Waals surface area (Å²) in [5, 5.41) is 2.61. The van der Waals surface area contributed by atoms with Gasteiger partial charge in [0.05, 0.1) is 4.47 Å². The van der Waals surface area contributed by atoms with Gasteiger partial charge in [0.2, 0.25) is 0 Å². The van der Waals surface area contributed by atoms with Gasteiger partial charge in [-0.3, -0.25) is 4.79 Å². The van der Waals surface area contributed by atoms with Gasteiger partial charge >= 0.3 is 0 Å². The Morgan fingerprint density at radius 1 is 1.71 bits per heavy atom. The topological polar surface area (TPSA) is 38.3 Å². The Hall–Kier alpha value is -1.36. The van der Waals surface area contributed by atoms with Crippen LogP contribution in [0.1, 0.15) is 6.92 Å². The molecule has 92 valence electrons. The van der Waals surface area contributed by atoms with Gasteiger partial charge in [-0.25, -0.2) is 4.39 Å². The SMILES string of the molecule is C=CCNC(=O)C(C)Oc1ccc(F)c(Br)c1. The molecule has 0 aliphatic heterocycles. The molecule has 3 nitrogen and oxygen atoms in total. The number of nitrogens with one attached hydrogen (secondary N) is 1. The van der Waals surface area contributed by atoms with Crippen LogP contribution in [-0.2, 0) is 4.79 Å². The van der Waals surface area contributed by atoms with Crippen molar-refractivity contribution in [3.63, 3.8) is 0 Å². The fourth-order valence-corrected chi connectivity index (χ4v) is 1.48. The Bertz CT molecular complexity index is 423. The van der Waals surface area contributed by atoms with Gasteiger partial charge in [0.25, 0.3) is 5.91 Å². The molecule has 0 aliphatic rings. The quantitative estimate of drug-likeness (QED) is 0.849. The minimum atomic E-state index is -0.646. The van der Waals surface area contributed by atoms with E-state index in [4.69, 9.17) is 4.74 Å². The molecule has 0 fully saturated rings. The average Bonchev–Trinajstić information content (AvgIpc) is 2.30. The molecule has 1 aromatic carbocycles. The summed E-state index contributed by atoms with van der Waals surface area (Å²) in [6.45, 7) is 5.50. The number of carbonyl (C=O) groups is 1. The van der Waals surface area contributed by atoms with Crippen molar-refractivity contribution >= 4 is 21.8 Å². The van der Waals surface area contributed by atoms with Crippen LogP contribution in [0.2, 0.25) is 0 Å². The number of rotatable bonds is 5. The van der Waals surface area contributed by atoms with Crippen molar-refractivity contribution in [2.75, 3.05) is 6.54 Å². The lowest BCUT2D eigenvalue weighted by atomic mass is 10.3. The Balaban J connectivity index is 2.61. The number of carbonyl (C=O) groups excluding carboxylic acids is 1. The van der Waals surface area contributed by atoms with E-state index < -0.39 is 6.10 Å². The predicted molar refractivity (Wildman–Crippen MR) is 67.4 cm³/mol. The summed E-state index contributed by atoms with van der Waals surface area (Å²) in [5.41, 5.74) is 0. The lowest BCUT2D eigenvalue weighted by molar-refractivity contribution is -0.127. The molecule has 0 bridgehead atoms. The highest BCUT2D eigenvalue weighted by Crippen LogP contribution is 2.22. The lowest BCUT2D eigenvalue weighted by Crippen LogP contribution is -2.36. The minimum Gasteiger partial charge on any atom is -0.481 e. The van der Waals surface area contributed by atoms with E-state index in [-0.39, 0.29) is 11.7 Å². The van der Waals surface area contributed by atoms with Crippen LogP contribution in [-0.4, -0.2) is 18.6 Å². The summed E-state index contributed by atoms with van der Waals surface area (Å²) in [4.78, 5) is 11.5. The second-order valence-corrected chi connectivity index (χ2v) is 4.22. The Morgan fingerprint density at radius 2 is 2.41 bits per heavy atom. The van der Waals surface area contributed by atoms with Gasteiger partial charge in [0.1, 0.15) is 11.6 Å². The van der Waals surface area contributed by atoms with Crippen molar-refractivity contribution in [2.24, 2.45) is 0 Å². The third kappa shape index (κ3) is 4.19. The first-order valence-corrected chi connectivity index (χ1v) is 5.84. The molecule has 1 unspecified atom stereocenters. The lowest BCUT2D eigenvalue weighted by Gasteiger charge is -2.14. The summed E-state index contributed by atoms with van der Waals surface area (Å²) in [5.74, 6) is -0.189. The van der Waals surface area contributed by atoms with Gasteiger partial charge in [0.15, 0.2) is 6.10 Å². The molecule has 0 heterocycles. The molecular formula is C12H13BrFNO2. The normalized spacial score (nSPS) is 11.7. The van der Waals surface area contributed by atoms with Crippen LogP contribution in [0, 0.1) is 5.82 Å². The van der Waals surface area contributed by atoms with E-state index in [2.05, 4.69) is 27.8 Å². The molecule has 0 radical (unpaired) electrons. The van der Waals surface area contributed by atoms with Crippen LogP contribution in [0.15, 0.2) is 35.3 Å². The average molecular weight is 302 g/mol. The molecule has 1 aromatic rings. The van der Waals surface area contributed by atoms with Gasteiger partial charge < -0.3 is 10.1 Å². The van der Waals surface area contributed by atoms with Crippen molar-refractivity contribution in [3.05, 3.63) is 41.1 Å². The van der Waals surface area contributed by atoms with Gasteiger partial charge in [-0.05, 0) is 41.1 Å². The van der Waals surface area contributed by atoms with Crippen molar-refractivity contribution in [1.82, 2.24) is 5.32 Å². The zero-order valence-corrected chi connectivity index (χ0v) is 11.0. The minimum absolute atomic E-state index is 0.245. The first kappa shape index (κ1) is 13.7. The molecule has 1 atom stereocenters. The van der Waals surface area contributed by atoms with Crippen LogP contribution >= 0.6 is 15.9 Å². The largest absolute Gasteiger partial charge is 0.481 e. The molecule has 1 amide bonds. The Kier molecular flexibility index (Phi) is 5.15. The molecule has 1 rings (SSSR count). The second kappa shape index (κ2) is 6.39. The maximum Gasteiger partial charge on any atom is 0.261 e. The van der Waals surface area contributed by atoms with E-state index in [0.717, 1.165) is 0 Å². The molecular weight excluding hydrogens is 289 g/mol. The molecule has 0 spiro atoms. The van der Waals surface area contributed by atoms with Crippen LogP contribution in [0.5, 0.6) is 5.75 Å². The van der Waals surface area contributed by atoms with E-state index in [0.29, 0.717) is 16.8 Å². The molecule has 0 aliphatic carbocycles. The summed E-state index contributed by atoms with van der Waals surface area (Å²) < 4.78 is 18.6. The molecule has 17 heavy (non-hydrogen) atoms. The van der Waals surface area contributed by atoms with E-state index in [1.165, 1.54) is 18.2 Å². The van der Waals surface area contributed by atoms with E-state index in [9.17, 15) is 9.18 Å². The zero-order chi connectivity index (χ0) is 12.8. The van der Waals surface area contributed by atoms with Crippen molar-refractivity contribution in [3.8, 4) is 5.75 Å². The highest BCUT2D eigenvalue weighted by Gasteiger charge is 2.14. The Labute approximate surface area is 108 Å². The number of amides is 1. The van der Waals surface area contributed by atoms with Gasteiger partial charge in [-0.2, -0.15) is 0 Å². The second-order valence-electron chi connectivity index (χ2n) is 3.37. The monoisotopic (exact) mass is 301 g/mol. The zero-order valence-electron chi connectivity index (χ0n) is 9.37. The molecule has 0 saturated carbocycles. The van der Waals surface area contributed by atoms with Crippen LogP contribution in [0.25, 0.3) is 0 Å². The van der Waals surface area contributed by atoms with Crippen LogP contribution < -0.4 is 10.1 Å². The molecule has 5 heteroatoms. The third-order valence-corrected chi connectivity index (χ3v) is 2.60. The summed E-state index contributed by atoms with van der Waals surface area (Å²) in [6.07, 6.45) is 0.936. The van der Waals surface area contributed by atoms with Gasteiger partial charge in [-0.1, -0.05) is 6.08 Å². The fourth-order valence-electron chi connectivity index (χ4n) is 1.12. The van der Waals surface area contributed by atoms with Crippen LogP contribution in [0.3, 0.4) is 0 Å². The van der Waals surface area contributed by atoms with E-state index in [1.54, 1.807) is 13.0 Å². The first-order valence-electron chi connectivity index (χ1n) is 5.05. The van der Waals surface area contributed by atoms with E-state index in [1.807, 2.05) is 0 Å². The summed E-state index contributed by atoms with van der Waals surface area (Å²) in [6, 6.07) is 4.22. The first-order chi connectivity index (χ1) is 8.04. The number of halogens is 2. The highest BCUT2D eigenvalue weighted by molar-refractivity contribution is 9.10. The van der Waals surface area contributed by atoms with Crippen molar-refractivity contribution in [2.45, 2.75) is 13.0 Å². The van der Waals surface area contributed by atoms with Crippen molar-refractivity contribution < 1.29 is 13.9 Å². The number of hydrogen-bond donors (Lipinski definition) is 1. The maximum atomic E-state index is 13.0. The van der Waals surface area contributed by atoms with Crippen molar-refractivity contribution in [1.29, 1.82) is 0 Å². The summed E-state index contributed by atoms with van der Waals surface area (Å²) >= 11 is 3.05. The highest BCUT2D eigenvalue weighted by atomic mass is 79.9. The third-order valence-electron chi connectivity index (χ3n) is 1.99. The smallest absolute Gasteiger partial charge is 0.261 e. The number of benzene rings is 1. The number of ether oxygens (including phenoxy) is 1. The summed E-state index contributed by atoms with van der Waals surface area (Å²) in [7, 11) is 0. The standard InChI is InChI=1S/C12H13BrFNO2/c1-3-6-15-12(16)8(2)17-9-4-5-11(14)10(13)7-9/h3-5,7-8H,1,6H2,2H3,(H,15,16). The van der Waals surface area contributed by atoms with Gasteiger partial charge in [-0.15, -0.1) is 6.58 Å². The number of hydrogen-bond acceptors (Lipinski definition) is 2. The van der Waals surface area contributed by atoms with Crippen LogP contribution in [0.4, 0.5) is 4.39 Å². The molecule has 1 N–H and O–H groups in total. The molecule has 0 saturated heterocycles. The molecule has 0 aromatic heterocycles. The predicted octanol–water partition coefficient (Wildman–Crippen LogP) is 2.66. The van der Waals surface area contributed by atoms with E-state index >= 15 is 0 Å². The Morgan fingerprint density at radius 3 is 3.00 bits per heavy atom.